The Morgan fingerprint density at radius 3 is 2.11 bits per heavy atom. The van der Waals surface area contributed by atoms with E-state index in [2.05, 4.69) is 15.6 Å². The lowest BCUT2D eigenvalue weighted by molar-refractivity contribution is 0.102. The zero-order chi connectivity index (χ0) is 19.4. The normalized spacial score (nSPS) is 10.3. The maximum absolute atomic E-state index is 12.5. The molecule has 3 aromatic rings. The third-order valence-corrected chi connectivity index (χ3v) is 4.33. The van der Waals surface area contributed by atoms with Gasteiger partial charge in [0.25, 0.3) is 11.8 Å². The summed E-state index contributed by atoms with van der Waals surface area (Å²) in [6.07, 6.45) is 1.46. The first-order valence-electron chi connectivity index (χ1n) is 8.65. The molecule has 2 N–H and O–H groups in total. The summed E-state index contributed by atoms with van der Waals surface area (Å²) in [5.41, 5.74) is 5.30. The van der Waals surface area contributed by atoms with E-state index in [1.165, 1.54) is 12.3 Å². The molecule has 0 atom stereocenters. The Kier molecular flexibility index (Phi) is 5.31. The number of benzene rings is 2. The van der Waals surface area contributed by atoms with Gasteiger partial charge in [-0.1, -0.05) is 23.8 Å². The number of hydrogen-bond acceptors (Lipinski definition) is 3. The Bertz CT molecular complexity index is 995. The molecule has 0 unspecified atom stereocenters. The van der Waals surface area contributed by atoms with E-state index in [9.17, 15) is 9.59 Å². The number of anilines is 2. The van der Waals surface area contributed by atoms with E-state index in [0.29, 0.717) is 16.9 Å². The van der Waals surface area contributed by atoms with Crippen LogP contribution in [0.5, 0.6) is 0 Å². The van der Waals surface area contributed by atoms with E-state index in [4.69, 9.17) is 0 Å². The maximum Gasteiger partial charge on any atom is 0.274 e. The Labute approximate surface area is 158 Å². The van der Waals surface area contributed by atoms with Crippen molar-refractivity contribution in [1.82, 2.24) is 4.98 Å². The molecule has 2 aromatic carbocycles. The average molecular weight is 359 g/mol. The van der Waals surface area contributed by atoms with Gasteiger partial charge >= 0.3 is 0 Å². The van der Waals surface area contributed by atoms with Gasteiger partial charge in [-0.3, -0.25) is 14.6 Å². The highest BCUT2D eigenvalue weighted by Gasteiger charge is 2.13. The van der Waals surface area contributed by atoms with Crippen LogP contribution in [-0.2, 0) is 0 Å². The van der Waals surface area contributed by atoms with Crippen LogP contribution in [0.2, 0.25) is 0 Å². The van der Waals surface area contributed by atoms with Gasteiger partial charge in [-0.25, -0.2) is 0 Å². The van der Waals surface area contributed by atoms with Crippen molar-refractivity contribution < 1.29 is 9.59 Å². The molecule has 3 rings (SSSR count). The fraction of sp³-hybridized carbons (Fsp3) is 0.136. The van der Waals surface area contributed by atoms with Gasteiger partial charge in [0.1, 0.15) is 5.69 Å². The molecule has 1 aromatic heterocycles. The number of hydrogen-bond donors (Lipinski definition) is 2. The Hall–Kier alpha value is -3.47. The van der Waals surface area contributed by atoms with E-state index in [-0.39, 0.29) is 17.5 Å². The van der Waals surface area contributed by atoms with Gasteiger partial charge in [0, 0.05) is 23.1 Å². The molecule has 0 aliphatic carbocycles. The highest BCUT2D eigenvalue weighted by molar-refractivity contribution is 6.07. The van der Waals surface area contributed by atoms with Crippen LogP contribution < -0.4 is 10.6 Å². The van der Waals surface area contributed by atoms with E-state index in [0.717, 1.165) is 16.7 Å². The van der Waals surface area contributed by atoms with E-state index in [1.54, 1.807) is 6.07 Å². The lowest BCUT2D eigenvalue weighted by Crippen LogP contribution is -2.17. The summed E-state index contributed by atoms with van der Waals surface area (Å²) >= 11 is 0. The Morgan fingerprint density at radius 1 is 0.741 bits per heavy atom. The lowest BCUT2D eigenvalue weighted by Gasteiger charge is -2.09. The predicted octanol–water partition coefficient (Wildman–Crippen LogP) is 4.51. The maximum atomic E-state index is 12.5. The van der Waals surface area contributed by atoms with Crippen LogP contribution in [0.1, 0.15) is 37.5 Å². The van der Waals surface area contributed by atoms with E-state index < -0.39 is 0 Å². The van der Waals surface area contributed by atoms with Gasteiger partial charge in [0.05, 0.1) is 0 Å². The van der Waals surface area contributed by atoms with Crippen LogP contribution in [0, 0.1) is 20.8 Å². The molecule has 0 radical (unpaired) electrons. The zero-order valence-corrected chi connectivity index (χ0v) is 15.5. The minimum absolute atomic E-state index is 0.185. The topological polar surface area (TPSA) is 71.1 Å². The van der Waals surface area contributed by atoms with Crippen molar-refractivity contribution in [2.24, 2.45) is 0 Å². The minimum Gasteiger partial charge on any atom is -0.322 e. The van der Waals surface area contributed by atoms with Crippen molar-refractivity contribution in [3.05, 3.63) is 88.7 Å². The van der Waals surface area contributed by atoms with Crippen molar-refractivity contribution in [3.63, 3.8) is 0 Å². The molecule has 0 bridgehead atoms. The first kappa shape index (κ1) is 18.3. The number of amides is 2. The number of carbonyl (C=O) groups is 2. The average Bonchev–Trinajstić information content (AvgIpc) is 2.66. The van der Waals surface area contributed by atoms with Gasteiger partial charge in [0.2, 0.25) is 0 Å². The quantitative estimate of drug-likeness (QED) is 0.720. The van der Waals surface area contributed by atoms with Gasteiger partial charge in [-0.15, -0.1) is 0 Å². The molecule has 0 saturated carbocycles. The molecule has 0 saturated heterocycles. The van der Waals surface area contributed by atoms with Gasteiger partial charge in [-0.05, 0) is 68.3 Å². The number of nitrogens with one attached hydrogen (secondary N) is 2. The van der Waals surface area contributed by atoms with Gasteiger partial charge in [0.15, 0.2) is 0 Å². The molecule has 0 fully saturated rings. The van der Waals surface area contributed by atoms with Crippen LogP contribution in [0.3, 0.4) is 0 Å². The summed E-state index contributed by atoms with van der Waals surface area (Å²) in [7, 11) is 0. The van der Waals surface area contributed by atoms with Crippen molar-refractivity contribution in [2.45, 2.75) is 20.8 Å². The molecular formula is C22H21N3O2. The van der Waals surface area contributed by atoms with Crippen LogP contribution >= 0.6 is 0 Å². The molecule has 1 heterocycles. The largest absolute Gasteiger partial charge is 0.322 e. The Morgan fingerprint density at radius 2 is 1.41 bits per heavy atom. The first-order valence-corrected chi connectivity index (χ1v) is 8.65. The molecule has 5 nitrogen and oxygen atoms in total. The molecule has 0 aliphatic heterocycles. The fourth-order valence-corrected chi connectivity index (χ4v) is 2.55. The summed E-state index contributed by atoms with van der Waals surface area (Å²) in [6.45, 7) is 5.98. The SMILES string of the molecule is Cc1ccc(NC(=O)c2ccnc(C(=O)Nc3ccc(C)c(C)c3)c2)cc1. The molecule has 0 spiro atoms. The summed E-state index contributed by atoms with van der Waals surface area (Å²) in [5.74, 6) is -0.648. The summed E-state index contributed by atoms with van der Waals surface area (Å²) < 4.78 is 0. The van der Waals surface area contributed by atoms with Crippen molar-refractivity contribution in [2.75, 3.05) is 10.6 Å². The van der Waals surface area contributed by atoms with Gasteiger partial charge < -0.3 is 10.6 Å². The van der Waals surface area contributed by atoms with Crippen LogP contribution in [0.25, 0.3) is 0 Å². The standard InChI is InChI=1S/C22H21N3O2/c1-14-4-7-18(8-5-14)24-21(26)17-10-11-23-20(13-17)22(27)25-19-9-6-15(2)16(3)12-19/h4-13H,1-3H3,(H,24,26)(H,25,27). The summed E-state index contributed by atoms with van der Waals surface area (Å²) in [5, 5.41) is 5.63. The highest BCUT2D eigenvalue weighted by Crippen LogP contribution is 2.16. The molecule has 27 heavy (non-hydrogen) atoms. The van der Waals surface area contributed by atoms with Crippen LogP contribution in [0.4, 0.5) is 11.4 Å². The zero-order valence-electron chi connectivity index (χ0n) is 15.5. The van der Waals surface area contributed by atoms with Crippen molar-refractivity contribution >= 4 is 23.2 Å². The predicted molar refractivity (Wildman–Crippen MR) is 107 cm³/mol. The molecule has 5 heteroatoms. The molecule has 0 aliphatic rings. The highest BCUT2D eigenvalue weighted by atomic mass is 16.2. The summed E-state index contributed by atoms with van der Waals surface area (Å²) in [6, 6.07) is 16.3. The molecular weight excluding hydrogens is 338 g/mol. The molecule has 136 valence electrons. The van der Waals surface area contributed by atoms with E-state index >= 15 is 0 Å². The van der Waals surface area contributed by atoms with Crippen LogP contribution in [-0.4, -0.2) is 16.8 Å². The summed E-state index contributed by atoms with van der Waals surface area (Å²) in [4.78, 5) is 29.0. The van der Waals surface area contributed by atoms with Crippen molar-refractivity contribution in [3.8, 4) is 0 Å². The smallest absolute Gasteiger partial charge is 0.274 e. The number of carbonyl (C=O) groups excluding carboxylic acids is 2. The second-order valence-corrected chi connectivity index (χ2v) is 6.50. The lowest BCUT2D eigenvalue weighted by atomic mass is 10.1. The van der Waals surface area contributed by atoms with Crippen molar-refractivity contribution in [1.29, 1.82) is 0 Å². The number of rotatable bonds is 4. The number of pyridine rings is 1. The minimum atomic E-state index is -0.358. The number of aromatic nitrogens is 1. The number of aryl methyl sites for hydroxylation is 3. The fourth-order valence-electron chi connectivity index (χ4n) is 2.55. The Balaban J connectivity index is 1.73. The second-order valence-electron chi connectivity index (χ2n) is 6.50. The molecule has 2 amide bonds. The third kappa shape index (κ3) is 4.58. The monoisotopic (exact) mass is 359 g/mol. The van der Waals surface area contributed by atoms with Gasteiger partial charge in [-0.2, -0.15) is 0 Å². The second kappa shape index (κ2) is 7.83. The van der Waals surface area contributed by atoms with E-state index in [1.807, 2.05) is 63.2 Å². The number of nitrogens with zero attached hydrogens (tertiary/aromatic N) is 1. The first-order chi connectivity index (χ1) is 12.9. The van der Waals surface area contributed by atoms with Crippen LogP contribution in [0.15, 0.2) is 60.8 Å². The third-order valence-electron chi connectivity index (χ3n) is 4.33.